The van der Waals surface area contributed by atoms with E-state index in [1.165, 1.54) is 0 Å². The predicted octanol–water partition coefficient (Wildman–Crippen LogP) is 4.97. The molecule has 1 N–H and O–H groups in total. The van der Waals surface area contributed by atoms with Gasteiger partial charge in [-0.05, 0) is 58.1 Å². The van der Waals surface area contributed by atoms with Crippen molar-refractivity contribution in [2.24, 2.45) is 0 Å². The van der Waals surface area contributed by atoms with E-state index in [-0.39, 0.29) is 18.4 Å². The van der Waals surface area contributed by atoms with Gasteiger partial charge in [-0.25, -0.2) is 0 Å². The maximum absolute atomic E-state index is 13.1. The Balaban J connectivity index is 1.72. The van der Waals surface area contributed by atoms with E-state index in [1.807, 2.05) is 73.7 Å². The lowest BCUT2D eigenvalue weighted by Crippen LogP contribution is -2.50. The van der Waals surface area contributed by atoms with Gasteiger partial charge in [0.1, 0.15) is 11.8 Å². The molecule has 5 nitrogen and oxygen atoms in total. The van der Waals surface area contributed by atoms with Crippen molar-refractivity contribution in [2.75, 3.05) is 19.7 Å². The minimum atomic E-state index is -0.582. The zero-order chi connectivity index (χ0) is 22.9. The van der Waals surface area contributed by atoms with Crippen LogP contribution in [0, 0.1) is 0 Å². The molecule has 1 unspecified atom stereocenters. The smallest absolute Gasteiger partial charge is 0.261 e. The highest BCUT2D eigenvalue weighted by Gasteiger charge is 2.26. The summed E-state index contributed by atoms with van der Waals surface area (Å²) in [5, 5.41) is 4.99. The first-order valence-electron chi connectivity index (χ1n) is 10.9. The standard InChI is InChI=1S/C26H29BrN2O3/c1-3-16-28-26(31)19(2)29(17-15-20-9-5-4-6-10-20)24(30)18-32-23-14-13-21-11-7-8-12-22(21)25(23)27/h4-14,19H,3,15-18H2,1-2H3,(H,28,31). The van der Waals surface area contributed by atoms with Crippen LogP contribution in [0.25, 0.3) is 10.8 Å². The van der Waals surface area contributed by atoms with Gasteiger partial charge in [0.2, 0.25) is 5.91 Å². The van der Waals surface area contributed by atoms with Crippen LogP contribution in [-0.4, -0.2) is 42.5 Å². The van der Waals surface area contributed by atoms with Crippen LogP contribution in [0.1, 0.15) is 25.8 Å². The molecule has 0 radical (unpaired) electrons. The summed E-state index contributed by atoms with van der Waals surface area (Å²) in [6.07, 6.45) is 1.51. The van der Waals surface area contributed by atoms with Crippen molar-refractivity contribution in [1.82, 2.24) is 10.2 Å². The van der Waals surface area contributed by atoms with Gasteiger partial charge in [-0.3, -0.25) is 9.59 Å². The van der Waals surface area contributed by atoms with Gasteiger partial charge < -0.3 is 15.0 Å². The Bertz CT molecular complexity index is 1060. The fraction of sp³-hybridized carbons (Fsp3) is 0.308. The lowest BCUT2D eigenvalue weighted by atomic mass is 10.1. The van der Waals surface area contributed by atoms with Crippen LogP contribution in [0.2, 0.25) is 0 Å². The Morgan fingerprint density at radius 2 is 1.75 bits per heavy atom. The molecule has 0 aliphatic heterocycles. The molecule has 0 heterocycles. The summed E-state index contributed by atoms with van der Waals surface area (Å²) in [6, 6.07) is 21.2. The quantitative estimate of drug-likeness (QED) is 0.431. The van der Waals surface area contributed by atoms with E-state index >= 15 is 0 Å². The van der Waals surface area contributed by atoms with E-state index in [9.17, 15) is 9.59 Å². The van der Waals surface area contributed by atoms with Crippen LogP contribution >= 0.6 is 15.9 Å². The van der Waals surface area contributed by atoms with Crippen molar-refractivity contribution in [2.45, 2.75) is 32.7 Å². The predicted molar refractivity (Wildman–Crippen MR) is 132 cm³/mol. The Morgan fingerprint density at radius 1 is 1.03 bits per heavy atom. The van der Waals surface area contributed by atoms with Gasteiger partial charge in [0.25, 0.3) is 5.91 Å². The van der Waals surface area contributed by atoms with Gasteiger partial charge in [0, 0.05) is 13.1 Å². The summed E-state index contributed by atoms with van der Waals surface area (Å²) in [7, 11) is 0. The first-order chi connectivity index (χ1) is 15.5. The lowest BCUT2D eigenvalue weighted by Gasteiger charge is -2.28. The third-order valence-electron chi connectivity index (χ3n) is 5.38. The molecule has 0 spiro atoms. The summed E-state index contributed by atoms with van der Waals surface area (Å²) >= 11 is 3.60. The molecule has 0 aliphatic carbocycles. The summed E-state index contributed by atoms with van der Waals surface area (Å²) in [6.45, 7) is 4.64. The van der Waals surface area contributed by atoms with Crippen LogP contribution < -0.4 is 10.1 Å². The van der Waals surface area contributed by atoms with Crippen molar-refractivity contribution in [3.05, 3.63) is 76.8 Å². The molecule has 1 atom stereocenters. The Kier molecular flexibility index (Phi) is 8.68. The van der Waals surface area contributed by atoms with Crippen molar-refractivity contribution < 1.29 is 14.3 Å². The topological polar surface area (TPSA) is 58.6 Å². The molecule has 0 saturated heterocycles. The second-order valence-electron chi connectivity index (χ2n) is 7.68. The summed E-state index contributed by atoms with van der Waals surface area (Å²) in [5.41, 5.74) is 1.12. The van der Waals surface area contributed by atoms with Crippen LogP contribution in [0.15, 0.2) is 71.2 Å². The van der Waals surface area contributed by atoms with Crippen molar-refractivity contribution in [3.63, 3.8) is 0 Å². The van der Waals surface area contributed by atoms with E-state index < -0.39 is 6.04 Å². The fourth-order valence-electron chi connectivity index (χ4n) is 3.51. The fourth-order valence-corrected chi connectivity index (χ4v) is 4.12. The van der Waals surface area contributed by atoms with Gasteiger partial charge >= 0.3 is 0 Å². The molecule has 3 aromatic rings. The van der Waals surface area contributed by atoms with Crippen molar-refractivity contribution >= 4 is 38.5 Å². The minimum absolute atomic E-state index is 0.142. The van der Waals surface area contributed by atoms with E-state index in [4.69, 9.17) is 4.74 Å². The lowest BCUT2D eigenvalue weighted by molar-refractivity contribution is -0.141. The normalized spacial score (nSPS) is 11.7. The van der Waals surface area contributed by atoms with E-state index in [2.05, 4.69) is 21.2 Å². The number of hydrogen-bond donors (Lipinski definition) is 1. The number of fused-ring (bicyclic) bond motifs is 1. The molecule has 6 heteroatoms. The number of hydrogen-bond acceptors (Lipinski definition) is 3. The van der Waals surface area contributed by atoms with Gasteiger partial charge in [-0.2, -0.15) is 0 Å². The molecule has 32 heavy (non-hydrogen) atoms. The number of nitrogens with one attached hydrogen (secondary N) is 1. The monoisotopic (exact) mass is 496 g/mol. The van der Waals surface area contributed by atoms with Crippen LogP contribution in [-0.2, 0) is 16.0 Å². The molecule has 3 rings (SSSR count). The third kappa shape index (κ3) is 6.10. The zero-order valence-electron chi connectivity index (χ0n) is 18.5. The van der Waals surface area contributed by atoms with E-state index in [0.29, 0.717) is 25.3 Å². The number of carbonyl (C=O) groups excluding carboxylic acids is 2. The highest BCUT2D eigenvalue weighted by atomic mass is 79.9. The molecule has 0 aromatic heterocycles. The van der Waals surface area contributed by atoms with Crippen molar-refractivity contribution in [3.8, 4) is 5.75 Å². The molecule has 0 fully saturated rings. The molecule has 0 saturated carbocycles. The van der Waals surface area contributed by atoms with Gasteiger partial charge in [0.15, 0.2) is 6.61 Å². The highest BCUT2D eigenvalue weighted by Crippen LogP contribution is 2.33. The highest BCUT2D eigenvalue weighted by molar-refractivity contribution is 9.10. The number of amides is 2. The summed E-state index contributed by atoms with van der Waals surface area (Å²) in [4.78, 5) is 27.3. The average Bonchev–Trinajstić information content (AvgIpc) is 2.82. The molecular weight excluding hydrogens is 468 g/mol. The summed E-state index contributed by atoms with van der Waals surface area (Å²) in [5.74, 6) is 0.225. The average molecular weight is 497 g/mol. The SMILES string of the molecule is CCCNC(=O)C(C)N(CCc1ccccc1)C(=O)COc1ccc2ccccc2c1Br. The Morgan fingerprint density at radius 3 is 2.50 bits per heavy atom. The van der Waals surface area contributed by atoms with Crippen LogP contribution in [0.3, 0.4) is 0 Å². The number of carbonyl (C=O) groups is 2. The Labute approximate surface area is 197 Å². The maximum atomic E-state index is 13.1. The summed E-state index contributed by atoms with van der Waals surface area (Å²) < 4.78 is 6.69. The molecule has 0 bridgehead atoms. The third-order valence-corrected chi connectivity index (χ3v) is 6.20. The second kappa shape index (κ2) is 11.7. The van der Waals surface area contributed by atoms with E-state index in [0.717, 1.165) is 27.2 Å². The largest absolute Gasteiger partial charge is 0.483 e. The first-order valence-corrected chi connectivity index (χ1v) is 11.7. The van der Waals surface area contributed by atoms with Gasteiger partial charge in [-0.15, -0.1) is 0 Å². The zero-order valence-corrected chi connectivity index (χ0v) is 20.1. The van der Waals surface area contributed by atoms with Gasteiger partial charge in [0.05, 0.1) is 4.47 Å². The van der Waals surface area contributed by atoms with Crippen LogP contribution in [0.5, 0.6) is 5.75 Å². The molecular formula is C26H29BrN2O3. The molecule has 2 amide bonds. The number of halogens is 1. The number of rotatable bonds is 10. The van der Waals surface area contributed by atoms with Crippen LogP contribution in [0.4, 0.5) is 0 Å². The number of nitrogens with zero attached hydrogens (tertiary/aromatic N) is 1. The molecule has 3 aromatic carbocycles. The van der Waals surface area contributed by atoms with Gasteiger partial charge in [-0.1, -0.05) is 67.6 Å². The molecule has 0 aliphatic rings. The van der Waals surface area contributed by atoms with E-state index in [1.54, 1.807) is 11.8 Å². The second-order valence-corrected chi connectivity index (χ2v) is 8.47. The first kappa shape index (κ1) is 23.8. The van der Waals surface area contributed by atoms with Crippen molar-refractivity contribution in [1.29, 1.82) is 0 Å². The minimum Gasteiger partial charge on any atom is -0.483 e. The maximum Gasteiger partial charge on any atom is 0.261 e. The number of benzene rings is 3. The molecule has 168 valence electrons. The Hall–Kier alpha value is -2.86. The number of ether oxygens (including phenoxy) is 1.